The van der Waals surface area contributed by atoms with Crippen LogP contribution in [0.1, 0.15) is 27.2 Å². The Labute approximate surface area is 78.2 Å². The maximum Gasteiger partial charge on any atom is 0.323 e. The summed E-state index contributed by atoms with van der Waals surface area (Å²) >= 11 is 5.42. The van der Waals surface area contributed by atoms with E-state index in [1.807, 2.05) is 0 Å². The Kier molecular flexibility index (Phi) is 4.57. The van der Waals surface area contributed by atoms with Gasteiger partial charge in [-0.15, -0.1) is 11.6 Å². The summed E-state index contributed by atoms with van der Waals surface area (Å²) in [7, 11) is 0. The van der Waals surface area contributed by atoms with Gasteiger partial charge in [-0.25, -0.2) is 0 Å². The van der Waals surface area contributed by atoms with Crippen LogP contribution in [0.4, 0.5) is 0 Å². The molecule has 0 bridgehead atoms. The molecule has 1 atom stereocenters. The quantitative estimate of drug-likeness (QED) is 0.543. The van der Waals surface area contributed by atoms with E-state index >= 15 is 0 Å². The molecule has 0 unspecified atom stereocenters. The number of hydrogen-bond acceptors (Lipinski definition) is 3. The molecule has 0 aromatic rings. The maximum absolute atomic E-state index is 11.1. The van der Waals surface area contributed by atoms with E-state index in [-0.39, 0.29) is 5.97 Å². The highest BCUT2D eigenvalue weighted by Crippen LogP contribution is 2.08. The molecule has 0 saturated heterocycles. The zero-order chi connectivity index (χ0) is 9.78. The van der Waals surface area contributed by atoms with Crippen LogP contribution >= 0.6 is 11.6 Å². The van der Waals surface area contributed by atoms with Gasteiger partial charge in [-0.1, -0.05) is 0 Å². The molecule has 0 aliphatic carbocycles. The minimum atomic E-state index is -0.596. The third kappa shape index (κ3) is 5.38. The number of ether oxygens (including phenoxy) is 1. The Balaban J connectivity index is 3.87. The molecule has 12 heavy (non-hydrogen) atoms. The number of carbonyl (C=O) groups is 1. The maximum atomic E-state index is 11.1. The van der Waals surface area contributed by atoms with Crippen molar-refractivity contribution in [3.8, 4) is 0 Å². The van der Waals surface area contributed by atoms with Gasteiger partial charge in [-0.05, 0) is 27.2 Å². The van der Waals surface area contributed by atoms with Crippen molar-refractivity contribution in [1.82, 2.24) is 0 Å². The standard InChI is InChI=1S/C8H16ClNO2/c1-8(2,3)12-7(11)6(10)4-5-9/h6H,4-5,10H2,1-3H3/t6-/m0/s1. The van der Waals surface area contributed by atoms with Crippen LogP contribution in [0.25, 0.3) is 0 Å². The summed E-state index contributed by atoms with van der Waals surface area (Å²) in [6.07, 6.45) is 0.455. The molecular formula is C8H16ClNO2. The highest BCUT2D eigenvalue weighted by molar-refractivity contribution is 6.18. The molecule has 0 rings (SSSR count). The van der Waals surface area contributed by atoms with Crippen molar-refractivity contribution in [1.29, 1.82) is 0 Å². The van der Waals surface area contributed by atoms with E-state index in [2.05, 4.69) is 0 Å². The predicted octanol–water partition coefficient (Wildman–Crippen LogP) is 1.28. The van der Waals surface area contributed by atoms with Crippen LogP contribution in [0.3, 0.4) is 0 Å². The van der Waals surface area contributed by atoms with Gasteiger partial charge in [0.2, 0.25) is 0 Å². The molecule has 0 aromatic heterocycles. The minimum absolute atomic E-state index is 0.375. The Morgan fingerprint density at radius 3 is 2.42 bits per heavy atom. The summed E-state index contributed by atoms with van der Waals surface area (Å²) in [5, 5.41) is 0. The molecule has 0 spiro atoms. The number of alkyl halides is 1. The van der Waals surface area contributed by atoms with E-state index in [4.69, 9.17) is 22.1 Å². The number of halogens is 1. The van der Waals surface area contributed by atoms with Gasteiger partial charge in [0.25, 0.3) is 0 Å². The molecule has 0 saturated carbocycles. The molecule has 4 heteroatoms. The summed E-state index contributed by atoms with van der Waals surface area (Å²) in [4.78, 5) is 11.1. The predicted molar refractivity (Wildman–Crippen MR) is 49.2 cm³/mol. The molecule has 0 aliphatic heterocycles. The lowest BCUT2D eigenvalue weighted by Crippen LogP contribution is -2.37. The summed E-state index contributed by atoms with van der Waals surface area (Å²) in [6.45, 7) is 5.41. The summed E-state index contributed by atoms with van der Waals surface area (Å²) in [6, 6.07) is -0.596. The Morgan fingerprint density at radius 1 is 1.58 bits per heavy atom. The van der Waals surface area contributed by atoms with Crippen LogP contribution in [-0.2, 0) is 9.53 Å². The first-order valence-electron chi connectivity index (χ1n) is 3.91. The van der Waals surface area contributed by atoms with Gasteiger partial charge < -0.3 is 10.5 Å². The Morgan fingerprint density at radius 2 is 2.08 bits per heavy atom. The Bertz CT molecular complexity index is 154. The molecule has 0 aromatic carbocycles. The van der Waals surface area contributed by atoms with Gasteiger partial charge in [0.15, 0.2) is 0 Å². The van der Waals surface area contributed by atoms with Crippen molar-refractivity contribution in [2.45, 2.75) is 38.8 Å². The van der Waals surface area contributed by atoms with Crippen molar-refractivity contribution < 1.29 is 9.53 Å². The molecule has 0 amide bonds. The second-order valence-electron chi connectivity index (χ2n) is 3.62. The van der Waals surface area contributed by atoms with Gasteiger partial charge in [0.1, 0.15) is 11.6 Å². The van der Waals surface area contributed by atoms with E-state index in [1.165, 1.54) is 0 Å². The van der Waals surface area contributed by atoms with Crippen molar-refractivity contribution in [3.05, 3.63) is 0 Å². The van der Waals surface area contributed by atoms with Crippen LogP contribution in [0.2, 0.25) is 0 Å². The van der Waals surface area contributed by atoms with Gasteiger partial charge in [-0.2, -0.15) is 0 Å². The largest absolute Gasteiger partial charge is 0.459 e. The highest BCUT2D eigenvalue weighted by Gasteiger charge is 2.21. The van der Waals surface area contributed by atoms with E-state index in [0.29, 0.717) is 12.3 Å². The lowest BCUT2D eigenvalue weighted by atomic mass is 10.2. The molecule has 2 N–H and O–H groups in total. The second-order valence-corrected chi connectivity index (χ2v) is 4.00. The fourth-order valence-corrected chi connectivity index (χ4v) is 0.848. The summed E-state index contributed by atoms with van der Waals surface area (Å²) in [5.74, 6) is -0.0106. The first-order chi connectivity index (χ1) is 5.37. The monoisotopic (exact) mass is 193 g/mol. The van der Waals surface area contributed by atoms with Crippen molar-refractivity contribution >= 4 is 17.6 Å². The molecule has 3 nitrogen and oxygen atoms in total. The number of hydrogen-bond donors (Lipinski definition) is 1. The average molecular weight is 194 g/mol. The van der Waals surface area contributed by atoms with E-state index in [0.717, 1.165) is 0 Å². The average Bonchev–Trinajstić information content (AvgIpc) is 1.84. The number of carbonyl (C=O) groups excluding carboxylic acids is 1. The first-order valence-corrected chi connectivity index (χ1v) is 4.44. The lowest BCUT2D eigenvalue weighted by molar-refractivity contribution is -0.156. The third-order valence-corrected chi connectivity index (χ3v) is 1.35. The van der Waals surface area contributed by atoms with Gasteiger partial charge in [0, 0.05) is 5.88 Å². The number of esters is 1. The molecule has 0 fully saturated rings. The van der Waals surface area contributed by atoms with Crippen LogP contribution < -0.4 is 5.73 Å². The molecule has 72 valence electrons. The van der Waals surface area contributed by atoms with Gasteiger partial charge in [-0.3, -0.25) is 4.79 Å². The fourth-order valence-electron chi connectivity index (χ4n) is 0.613. The first kappa shape index (κ1) is 11.7. The van der Waals surface area contributed by atoms with E-state index < -0.39 is 11.6 Å². The molecular weight excluding hydrogens is 178 g/mol. The van der Waals surface area contributed by atoms with Crippen LogP contribution in [-0.4, -0.2) is 23.5 Å². The Hall–Kier alpha value is -0.280. The topological polar surface area (TPSA) is 52.3 Å². The third-order valence-electron chi connectivity index (χ3n) is 1.13. The van der Waals surface area contributed by atoms with Crippen molar-refractivity contribution in [3.63, 3.8) is 0 Å². The summed E-state index contributed by atoms with van der Waals surface area (Å²) < 4.78 is 5.03. The van der Waals surface area contributed by atoms with E-state index in [1.54, 1.807) is 20.8 Å². The minimum Gasteiger partial charge on any atom is -0.459 e. The smallest absolute Gasteiger partial charge is 0.323 e. The van der Waals surface area contributed by atoms with Gasteiger partial charge in [0.05, 0.1) is 0 Å². The number of rotatable bonds is 3. The molecule has 0 radical (unpaired) electrons. The van der Waals surface area contributed by atoms with Crippen molar-refractivity contribution in [2.24, 2.45) is 5.73 Å². The van der Waals surface area contributed by atoms with Gasteiger partial charge >= 0.3 is 5.97 Å². The van der Waals surface area contributed by atoms with E-state index in [9.17, 15) is 4.79 Å². The van der Waals surface area contributed by atoms with Crippen molar-refractivity contribution in [2.75, 3.05) is 5.88 Å². The highest BCUT2D eigenvalue weighted by atomic mass is 35.5. The second kappa shape index (κ2) is 4.67. The molecule has 0 heterocycles. The van der Waals surface area contributed by atoms with Crippen LogP contribution in [0.5, 0.6) is 0 Å². The normalized spacial score (nSPS) is 14.1. The van der Waals surface area contributed by atoms with Crippen LogP contribution in [0.15, 0.2) is 0 Å². The van der Waals surface area contributed by atoms with Crippen LogP contribution in [0, 0.1) is 0 Å². The SMILES string of the molecule is CC(C)(C)OC(=O)[C@@H](N)CCCl. The molecule has 0 aliphatic rings. The number of nitrogens with two attached hydrogens (primary N) is 1. The fraction of sp³-hybridized carbons (Fsp3) is 0.875. The lowest BCUT2D eigenvalue weighted by Gasteiger charge is -2.21. The zero-order valence-corrected chi connectivity index (χ0v) is 8.52. The zero-order valence-electron chi connectivity index (χ0n) is 7.76. The summed E-state index contributed by atoms with van der Waals surface area (Å²) in [5.41, 5.74) is 5.00.